The maximum Gasteiger partial charge on any atom is 0.229 e. The first-order chi connectivity index (χ1) is 20.5. The Morgan fingerprint density at radius 2 is 1.26 bits per heavy atom. The lowest BCUT2D eigenvalue weighted by Gasteiger charge is -2.41. The molecule has 16 heteroatoms. The molecular weight excluding hydrogens is 580 g/mol. The average Bonchev–Trinajstić information content (AvgIpc) is 2.99. The summed E-state index contributed by atoms with van der Waals surface area (Å²) in [6.07, 6.45) is -16.4. The summed E-state index contributed by atoms with van der Waals surface area (Å²) in [4.78, 5) is 13.5. The summed E-state index contributed by atoms with van der Waals surface area (Å²) in [6, 6.07) is 6.53. The third-order valence-corrected chi connectivity index (χ3v) is 7.31. The van der Waals surface area contributed by atoms with Crippen LogP contribution in [0.2, 0.25) is 0 Å². The molecule has 2 aliphatic heterocycles. The Balaban J connectivity index is 1.62. The lowest BCUT2D eigenvalue weighted by atomic mass is 9.99. The molecule has 10 atom stereocenters. The van der Waals surface area contributed by atoms with Crippen molar-refractivity contribution in [2.24, 2.45) is 0 Å². The van der Waals surface area contributed by atoms with Crippen LogP contribution in [0.3, 0.4) is 0 Å². The second-order valence-corrected chi connectivity index (χ2v) is 10.1. The van der Waals surface area contributed by atoms with E-state index in [-0.39, 0.29) is 16.9 Å². The van der Waals surface area contributed by atoms with Crippen molar-refractivity contribution < 1.29 is 74.4 Å². The molecule has 1 aromatic heterocycles. The van der Waals surface area contributed by atoms with Gasteiger partial charge in [-0.1, -0.05) is 12.1 Å². The van der Waals surface area contributed by atoms with Crippen molar-refractivity contribution in [1.82, 2.24) is 0 Å². The SMILES string of the molecule is O=c1c(-c2ccc(O)cc2)coc2cc(O[C@@H]3O[C@H](CO)[C@@H](O)[C@H](O)[C@H]3O)c(O[C@@H]3O[C@H](CO)[C@@H](O)[C@H](O)[C@H]3O)c(O)c12. The van der Waals surface area contributed by atoms with Gasteiger partial charge in [-0.15, -0.1) is 0 Å². The number of phenols is 2. The zero-order valence-electron chi connectivity index (χ0n) is 22.1. The summed E-state index contributed by atoms with van der Waals surface area (Å²) >= 11 is 0. The molecule has 5 rings (SSSR count). The van der Waals surface area contributed by atoms with Crippen molar-refractivity contribution in [3.05, 3.63) is 46.8 Å². The molecule has 0 bridgehead atoms. The number of aromatic hydroxyl groups is 2. The molecule has 234 valence electrons. The van der Waals surface area contributed by atoms with Crippen LogP contribution in [-0.4, -0.2) is 126 Å². The minimum absolute atomic E-state index is 0.0378. The van der Waals surface area contributed by atoms with Gasteiger partial charge in [-0.25, -0.2) is 0 Å². The van der Waals surface area contributed by atoms with E-state index in [1.807, 2.05) is 0 Å². The van der Waals surface area contributed by atoms with Crippen LogP contribution in [0.5, 0.6) is 23.0 Å². The average molecular weight is 611 g/mol. The van der Waals surface area contributed by atoms with Crippen molar-refractivity contribution in [1.29, 1.82) is 0 Å². The van der Waals surface area contributed by atoms with E-state index < -0.39 is 103 Å². The van der Waals surface area contributed by atoms with Crippen molar-refractivity contribution in [2.45, 2.75) is 61.4 Å². The fourth-order valence-electron chi connectivity index (χ4n) is 4.84. The van der Waals surface area contributed by atoms with Gasteiger partial charge in [0.15, 0.2) is 11.5 Å². The quantitative estimate of drug-likeness (QED) is 0.130. The summed E-state index contributed by atoms with van der Waals surface area (Å²) in [5, 5.41) is 101. The van der Waals surface area contributed by atoms with Crippen LogP contribution in [0.15, 0.2) is 45.8 Å². The zero-order valence-corrected chi connectivity index (χ0v) is 22.1. The number of rotatable bonds is 7. The first kappa shape index (κ1) is 30.9. The van der Waals surface area contributed by atoms with Crippen molar-refractivity contribution >= 4 is 11.0 Å². The van der Waals surface area contributed by atoms with Crippen LogP contribution in [0.4, 0.5) is 0 Å². The second-order valence-electron chi connectivity index (χ2n) is 10.1. The molecule has 0 spiro atoms. The highest BCUT2D eigenvalue weighted by Crippen LogP contribution is 2.45. The van der Waals surface area contributed by atoms with Gasteiger partial charge in [0.25, 0.3) is 0 Å². The number of ether oxygens (including phenoxy) is 4. The number of fused-ring (bicyclic) bond motifs is 1. The second kappa shape index (κ2) is 12.2. The van der Waals surface area contributed by atoms with E-state index in [2.05, 4.69) is 0 Å². The summed E-state index contributed by atoms with van der Waals surface area (Å²) < 4.78 is 27.6. The van der Waals surface area contributed by atoms with Gasteiger partial charge >= 0.3 is 0 Å². The molecule has 0 unspecified atom stereocenters. The Hall–Kier alpha value is -3.55. The van der Waals surface area contributed by atoms with E-state index in [1.165, 1.54) is 24.3 Å². The summed E-state index contributed by atoms with van der Waals surface area (Å²) in [5.41, 5.74) is -0.775. The minimum Gasteiger partial charge on any atom is -0.508 e. The fourth-order valence-corrected chi connectivity index (χ4v) is 4.84. The molecular formula is C27H30O16. The maximum atomic E-state index is 13.5. The van der Waals surface area contributed by atoms with E-state index in [1.54, 1.807) is 0 Å². The normalized spacial score (nSPS) is 32.9. The Kier molecular flexibility index (Phi) is 8.77. The van der Waals surface area contributed by atoms with Gasteiger partial charge < -0.3 is 74.4 Å². The van der Waals surface area contributed by atoms with Crippen molar-refractivity contribution in [2.75, 3.05) is 13.2 Å². The standard InChI is InChI=1S/C27H30O16/c28-6-14-18(32)21(35)23(37)26(41-14)40-13-5-12-16(17(31)11(8-39-12)9-1-3-10(30)4-2-9)20(34)25(13)43-27-24(38)22(36)19(33)15(7-29)42-27/h1-5,8,14-15,18-19,21-24,26-30,32-38H,6-7H2/t14-,15-,18-,19-,21+,22+,23-,24-,26-,27+/m1/s1. The molecule has 0 amide bonds. The number of benzene rings is 2. The van der Waals surface area contributed by atoms with E-state index in [9.17, 15) is 55.9 Å². The van der Waals surface area contributed by atoms with Crippen LogP contribution >= 0.6 is 0 Å². The molecule has 2 saturated heterocycles. The van der Waals surface area contributed by atoms with Crippen LogP contribution in [0.25, 0.3) is 22.1 Å². The van der Waals surface area contributed by atoms with Crippen LogP contribution in [0, 0.1) is 0 Å². The summed E-state index contributed by atoms with van der Waals surface area (Å²) in [7, 11) is 0. The molecule has 16 nitrogen and oxygen atoms in total. The molecule has 2 fully saturated rings. The molecule has 0 radical (unpaired) electrons. The monoisotopic (exact) mass is 610 g/mol. The molecule has 10 N–H and O–H groups in total. The zero-order chi connectivity index (χ0) is 31.2. The Morgan fingerprint density at radius 3 is 1.79 bits per heavy atom. The highest BCUT2D eigenvalue weighted by Gasteiger charge is 2.47. The van der Waals surface area contributed by atoms with Crippen LogP contribution < -0.4 is 14.9 Å². The highest BCUT2D eigenvalue weighted by atomic mass is 16.7. The molecule has 3 heterocycles. The number of aliphatic hydroxyl groups is 8. The first-order valence-corrected chi connectivity index (χ1v) is 13.0. The van der Waals surface area contributed by atoms with Gasteiger partial charge in [-0.05, 0) is 17.7 Å². The van der Waals surface area contributed by atoms with Gasteiger partial charge in [-0.2, -0.15) is 0 Å². The van der Waals surface area contributed by atoms with Crippen LogP contribution in [-0.2, 0) is 9.47 Å². The molecule has 2 aromatic carbocycles. The first-order valence-electron chi connectivity index (χ1n) is 13.0. The molecule has 3 aromatic rings. The number of hydrogen-bond acceptors (Lipinski definition) is 16. The van der Waals surface area contributed by atoms with Gasteiger partial charge in [0.1, 0.15) is 71.8 Å². The van der Waals surface area contributed by atoms with Gasteiger partial charge in [-0.3, -0.25) is 4.79 Å². The molecule has 2 aliphatic rings. The van der Waals surface area contributed by atoms with E-state index in [0.29, 0.717) is 5.56 Å². The molecule has 43 heavy (non-hydrogen) atoms. The van der Waals surface area contributed by atoms with E-state index in [4.69, 9.17) is 23.4 Å². The Labute approximate surface area is 241 Å². The van der Waals surface area contributed by atoms with E-state index in [0.717, 1.165) is 12.3 Å². The third-order valence-electron chi connectivity index (χ3n) is 7.31. The predicted octanol–water partition coefficient (Wildman–Crippen LogP) is -2.77. The summed E-state index contributed by atoms with van der Waals surface area (Å²) in [6.45, 7) is -1.58. The lowest BCUT2D eigenvalue weighted by Crippen LogP contribution is -2.60. The Bertz CT molecular complexity index is 1490. The summed E-state index contributed by atoms with van der Waals surface area (Å²) in [5.74, 6) is -2.24. The van der Waals surface area contributed by atoms with Crippen molar-refractivity contribution in [3.8, 4) is 34.1 Å². The van der Waals surface area contributed by atoms with Gasteiger partial charge in [0.05, 0.1) is 18.8 Å². The van der Waals surface area contributed by atoms with Crippen molar-refractivity contribution in [3.63, 3.8) is 0 Å². The molecule has 0 saturated carbocycles. The van der Waals surface area contributed by atoms with Gasteiger partial charge in [0, 0.05) is 6.07 Å². The third kappa shape index (κ3) is 5.61. The number of hydrogen-bond donors (Lipinski definition) is 10. The largest absolute Gasteiger partial charge is 0.508 e. The fraction of sp³-hybridized carbons (Fsp3) is 0.444. The minimum atomic E-state index is -1.95. The number of aliphatic hydroxyl groups excluding tert-OH is 8. The van der Waals surface area contributed by atoms with E-state index >= 15 is 0 Å². The number of phenolic OH excluding ortho intramolecular Hbond substituents is 2. The Morgan fingerprint density at radius 1 is 0.721 bits per heavy atom. The van der Waals surface area contributed by atoms with Gasteiger partial charge in [0.2, 0.25) is 23.8 Å². The topological polar surface area (TPSA) is 269 Å². The molecule has 0 aliphatic carbocycles. The highest BCUT2D eigenvalue weighted by molar-refractivity contribution is 5.91. The lowest BCUT2D eigenvalue weighted by molar-refractivity contribution is -0.282. The van der Waals surface area contributed by atoms with Crippen LogP contribution in [0.1, 0.15) is 0 Å². The smallest absolute Gasteiger partial charge is 0.229 e. The predicted molar refractivity (Wildman–Crippen MR) is 140 cm³/mol. The maximum absolute atomic E-state index is 13.5.